The summed E-state index contributed by atoms with van der Waals surface area (Å²) in [6, 6.07) is 74.5. The van der Waals surface area contributed by atoms with Crippen LogP contribution < -0.4 is 52.1 Å². The van der Waals surface area contributed by atoms with Gasteiger partial charge in [0.15, 0.2) is 0 Å². The van der Waals surface area contributed by atoms with Gasteiger partial charge >= 0.3 is 6.03 Å². The minimum atomic E-state index is -0.704. The number of ether oxygens (including phenoxy) is 2. The number of anilines is 4. The molecule has 0 atom stereocenters. The molecule has 2 spiro atoms. The van der Waals surface area contributed by atoms with Gasteiger partial charge in [0.05, 0.1) is 22.2 Å². The molecule has 0 saturated carbocycles. The number of amides is 2. The van der Waals surface area contributed by atoms with Gasteiger partial charge in [0.25, 0.3) is 0 Å². The van der Waals surface area contributed by atoms with E-state index in [4.69, 9.17) is 9.47 Å². The van der Waals surface area contributed by atoms with Crippen LogP contribution in [-0.4, -0.2) is 19.5 Å². The standard InChI is InChI=1S/C61H34B2N2O3/c66-59-64-48-25-13-21-42-55(48)62(44-23-7-1-15-36(44)60(42)38-17-3-9-27-50(38)67-51-28-10-4-18-39(51)60)46-33-31-35-32-34-47-58(54(35)57(46)64)65(59)49-26-14-22-43-56(49)63(47)45-24-8-2-16-37(45)61(43)40-19-5-11-29-52(40)68-53-30-12-6-20-41(53)61/h1-34H. The first-order chi connectivity index (χ1) is 33.7. The number of fused-ring (bicyclic) bond motifs is 20. The van der Waals surface area contributed by atoms with Gasteiger partial charge in [-0.2, -0.15) is 0 Å². The third-order valence-electron chi connectivity index (χ3n) is 16.6. The molecule has 10 aromatic carbocycles. The monoisotopic (exact) mass is 864 g/mol. The molecule has 68 heavy (non-hydrogen) atoms. The van der Waals surface area contributed by atoms with E-state index in [2.05, 4.69) is 216 Å². The number of carbonyl (C=O) groups excluding carboxylic acids is 1. The summed E-state index contributed by atoms with van der Waals surface area (Å²) in [6.45, 7) is -0.245. The van der Waals surface area contributed by atoms with Crippen molar-refractivity contribution < 1.29 is 14.3 Å². The number of hydrogen-bond donors (Lipinski definition) is 0. The molecule has 0 aromatic heterocycles. The van der Waals surface area contributed by atoms with E-state index in [-0.39, 0.29) is 19.5 Å². The molecular weight excluding hydrogens is 830 g/mol. The van der Waals surface area contributed by atoms with Crippen molar-refractivity contribution in [2.75, 3.05) is 9.80 Å². The van der Waals surface area contributed by atoms with Crippen molar-refractivity contribution >= 4 is 85.8 Å². The van der Waals surface area contributed by atoms with Gasteiger partial charge < -0.3 is 9.47 Å². The Bertz CT molecular complexity index is 3690. The number of benzene rings is 10. The van der Waals surface area contributed by atoms with Crippen LogP contribution in [0, 0.1) is 0 Å². The zero-order chi connectivity index (χ0) is 44.2. The lowest BCUT2D eigenvalue weighted by atomic mass is 9.28. The van der Waals surface area contributed by atoms with Crippen LogP contribution in [-0.2, 0) is 10.8 Å². The van der Waals surface area contributed by atoms with Crippen LogP contribution in [0.15, 0.2) is 206 Å². The zero-order valence-corrected chi connectivity index (χ0v) is 36.4. The van der Waals surface area contributed by atoms with Crippen molar-refractivity contribution in [3.63, 3.8) is 0 Å². The summed E-state index contributed by atoms with van der Waals surface area (Å²) < 4.78 is 13.5. The number of urea groups is 1. The van der Waals surface area contributed by atoms with Crippen LogP contribution in [0.25, 0.3) is 10.8 Å². The Morgan fingerprint density at radius 1 is 0.338 bits per heavy atom. The number of rotatable bonds is 0. The molecule has 0 aliphatic carbocycles. The van der Waals surface area contributed by atoms with E-state index >= 15 is 4.79 Å². The second kappa shape index (κ2) is 12.1. The van der Waals surface area contributed by atoms with Gasteiger partial charge in [-0.3, -0.25) is 9.80 Å². The first-order valence-corrected chi connectivity index (χ1v) is 23.6. The largest absolute Gasteiger partial charge is 0.457 e. The molecule has 10 aromatic rings. The Morgan fingerprint density at radius 3 is 1.10 bits per heavy atom. The van der Waals surface area contributed by atoms with E-state index in [1.165, 1.54) is 33.2 Å². The van der Waals surface area contributed by atoms with Crippen molar-refractivity contribution in [1.29, 1.82) is 0 Å². The number of para-hydroxylation sites is 4. The van der Waals surface area contributed by atoms with Crippen LogP contribution in [0.2, 0.25) is 0 Å². The molecule has 312 valence electrons. The van der Waals surface area contributed by atoms with E-state index in [1.807, 2.05) is 0 Å². The fourth-order valence-corrected chi connectivity index (χ4v) is 14.4. The van der Waals surface area contributed by atoms with Crippen LogP contribution in [0.1, 0.15) is 44.5 Å². The van der Waals surface area contributed by atoms with Crippen molar-refractivity contribution in [3.05, 3.63) is 251 Å². The average Bonchev–Trinajstić information content (AvgIpc) is 3.39. The molecule has 0 bridgehead atoms. The predicted octanol–water partition coefficient (Wildman–Crippen LogP) is 9.51. The third kappa shape index (κ3) is 3.80. The molecule has 7 heterocycles. The minimum Gasteiger partial charge on any atom is -0.457 e. The van der Waals surface area contributed by atoms with Gasteiger partial charge in [-0.05, 0) is 85.9 Å². The number of nitrogens with zero attached hydrogens (tertiary/aromatic N) is 2. The Hall–Kier alpha value is -8.54. The van der Waals surface area contributed by atoms with Gasteiger partial charge in [-0.1, -0.05) is 181 Å². The van der Waals surface area contributed by atoms with Crippen molar-refractivity contribution in [2.45, 2.75) is 10.8 Å². The second-order valence-electron chi connectivity index (χ2n) is 19.3. The summed E-state index contributed by atoms with van der Waals surface area (Å²) in [5.41, 5.74) is 18.7. The Balaban J connectivity index is 0.990. The predicted molar refractivity (Wildman–Crippen MR) is 273 cm³/mol. The molecule has 0 saturated heterocycles. The molecule has 0 radical (unpaired) electrons. The lowest BCUT2D eigenvalue weighted by molar-refractivity contribution is 0.255. The van der Waals surface area contributed by atoms with Crippen molar-refractivity contribution in [2.24, 2.45) is 0 Å². The lowest BCUT2D eigenvalue weighted by Crippen LogP contribution is -2.69. The van der Waals surface area contributed by atoms with E-state index < -0.39 is 10.8 Å². The Morgan fingerprint density at radius 2 is 0.691 bits per heavy atom. The molecule has 0 fully saturated rings. The summed E-state index contributed by atoms with van der Waals surface area (Å²) in [5, 5.41) is 2.23. The lowest BCUT2D eigenvalue weighted by Gasteiger charge is -2.53. The van der Waals surface area contributed by atoms with Gasteiger partial charge in [0.2, 0.25) is 13.4 Å². The highest BCUT2D eigenvalue weighted by Crippen LogP contribution is 2.60. The maximum absolute atomic E-state index is 16.6. The molecule has 7 heteroatoms. The first-order valence-electron chi connectivity index (χ1n) is 23.6. The van der Waals surface area contributed by atoms with Gasteiger partial charge in [-0.15, -0.1) is 0 Å². The van der Waals surface area contributed by atoms with E-state index in [1.54, 1.807) is 0 Å². The molecule has 17 rings (SSSR count). The van der Waals surface area contributed by atoms with Gasteiger partial charge in [-0.25, -0.2) is 4.79 Å². The second-order valence-corrected chi connectivity index (χ2v) is 19.3. The molecule has 0 N–H and O–H groups in total. The summed E-state index contributed by atoms with van der Waals surface area (Å²) in [7, 11) is 0. The number of carbonyl (C=O) groups is 1. The van der Waals surface area contributed by atoms with Crippen LogP contribution in [0.4, 0.5) is 27.5 Å². The maximum atomic E-state index is 16.6. The highest BCUT2D eigenvalue weighted by molar-refractivity contribution is 7.01. The SMILES string of the molecule is O=C1N2c3cccc4c3B(c3ccccc3C43c4ccccc4Oc4ccccc43)c3ccc4ccc5c(c4c32)N1c1cccc2c1B5c1ccccc1C21c2ccccc2Oc2ccccc21. The maximum Gasteiger partial charge on any atom is 0.338 e. The molecule has 5 nitrogen and oxygen atoms in total. The zero-order valence-electron chi connectivity index (χ0n) is 36.4. The topological polar surface area (TPSA) is 42.0 Å². The van der Waals surface area contributed by atoms with E-state index in [0.717, 1.165) is 101 Å². The molecule has 7 aliphatic rings. The molecule has 2 amide bonds. The normalized spacial score (nSPS) is 16.3. The van der Waals surface area contributed by atoms with Crippen LogP contribution in [0.5, 0.6) is 23.0 Å². The summed E-state index contributed by atoms with van der Waals surface area (Å²) >= 11 is 0. The Kier molecular flexibility index (Phi) is 6.33. The first kappa shape index (κ1) is 35.7. The van der Waals surface area contributed by atoms with Crippen molar-refractivity contribution in [1.82, 2.24) is 0 Å². The molecular formula is C61H34B2N2O3. The summed E-state index contributed by atoms with van der Waals surface area (Å²) in [5.74, 6) is 3.38. The van der Waals surface area contributed by atoms with E-state index in [0.29, 0.717) is 0 Å². The fourth-order valence-electron chi connectivity index (χ4n) is 14.4. The molecule has 0 unspecified atom stereocenters. The highest BCUT2D eigenvalue weighted by Gasteiger charge is 2.59. The van der Waals surface area contributed by atoms with Crippen LogP contribution in [0.3, 0.4) is 0 Å². The number of hydrogen-bond acceptors (Lipinski definition) is 3. The third-order valence-corrected chi connectivity index (χ3v) is 16.6. The fraction of sp³-hybridized carbons (Fsp3) is 0.0328. The minimum absolute atomic E-state index is 0.0706. The van der Waals surface area contributed by atoms with Gasteiger partial charge in [0, 0.05) is 39.0 Å². The Labute approximate surface area is 392 Å². The van der Waals surface area contributed by atoms with E-state index in [9.17, 15) is 0 Å². The smallest absolute Gasteiger partial charge is 0.338 e. The molecule has 7 aliphatic heterocycles. The van der Waals surface area contributed by atoms with Crippen molar-refractivity contribution in [3.8, 4) is 23.0 Å². The highest BCUT2D eigenvalue weighted by atomic mass is 16.5. The van der Waals surface area contributed by atoms with Gasteiger partial charge in [0.1, 0.15) is 23.0 Å². The summed E-state index contributed by atoms with van der Waals surface area (Å²) in [4.78, 5) is 20.7. The van der Waals surface area contributed by atoms with Crippen LogP contribution >= 0.6 is 0 Å². The summed E-state index contributed by atoms with van der Waals surface area (Å²) in [6.07, 6.45) is 0. The average molecular weight is 865 g/mol. The quantitative estimate of drug-likeness (QED) is 0.143.